The Morgan fingerprint density at radius 3 is 2.67 bits per heavy atom. The molecule has 7 heteroatoms. The summed E-state index contributed by atoms with van der Waals surface area (Å²) in [5, 5.41) is 23.2. The van der Waals surface area contributed by atoms with Gasteiger partial charge in [-0.3, -0.25) is 0 Å². The average Bonchev–Trinajstić information content (AvgIpc) is 2.94. The number of fused-ring (bicyclic) bond motifs is 1. The van der Waals surface area contributed by atoms with E-state index in [9.17, 15) is 9.90 Å². The van der Waals surface area contributed by atoms with Crippen molar-refractivity contribution in [2.24, 2.45) is 0 Å². The zero-order chi connectivity index (χ0) is 15.0. The number of benzene rings is 1. The predicted octanol–water partition coefficient (Wildman–Crippen LogP) is 1.78. The second-order valence-corrected chi connectivity index (χ2v) is 5.22. The molecule has 0 aliphatic carbocycles. The van der Waals surface area contributed by atoms with Crippen molar-refractivity contribution in [1.29, 1.82) is 0 Å². The fourth-order valence-electron chi connectivity index (χ4n) is 2.29. The molecule has 1 aliphatic rings. The lowest BCUT2D eigenvalue weighted by molar-refractivity contribution is -0.132. The molecule has 1 atom stereocenters. The number of carbonyl (C=O) groups is 1. The van der Waals surface area contributed by atoms with Crippen LogP contribution in [0.15, 0.2) is 36.0 Å². The third kappa shape index (κ3) is 2.37. The lowest BCUT2D eigenvalue weighted by Gasteiger charge is -2.21. The second-order valence-electron chi connectivity index (χ2n) is 5.22. The maximum Gasteiger partial charge on any atom is 0.352 e. The normalized spacial score (nSPS) is 17.1. The van der Waals surface area contributed by atoms with Crippen molar-refractivity contribution in [3.63, 3.8) is 0 Å². The van der Waals surface area contributed by atoms with E-state index in [1.165, 1.54) is 5.56 Å². The summed E-state index contributed by atoms with van der Waals surface area (Å²) in [4.78, 5) is 11.2. The number of hydrogen-bond acceptors (Lipinski definition) is 5. The Labute approximate surface area is 121 Å². The van der Waals surface area contributed by atoms with E-state index in [1.807, 2.05) is 24.3 Å². The van der Waals surface area contributed by atoms with Gasteiger partial charge in [-0.05, 0) is 33.5 Å². The summed E-state index contributed by atoms with van der Waals surface area (Å²) in [6.07, 6.45) is 1.61. The summed E-state index contributed by atoms with van der Waals surface area (Å²) in [7, 11) is 0. The van der Waals surface area contributed by atoms with Gasteiger partial charge in [0.2, 0.25) is 5.95 Å². The number of anilines is 1. The first-order valence-corrected chi connectivity index (χ1v) is 6.66. The lowest BCUT2D eigenvalue weighted by atomic mass is 9.98. The Morgan fingerprint density at radius 1 is 1.33 bits per heavy atom. The van der Waals surface area contributed by atoms with Gasteiger partial charge in [-0.25, -0.2) is 4.79 Å². The number of aliphatic carboxylic acids is 1. The van der Waals surface area contributed by atoms with Crippen LogP contribution < -0.4 is 5.32 Å². The van der Waals surface area contributed by atoms with E-state index in [4.69, 9.17) is 0 Å². The molecule has 0 amide bonds. The molecule has 0 spiro atoms. The summed E-state index contributed by atoms with van der Waals surface area (Å²) in [6, 6.07) is 7.71. The minimum Gasteiger partial charge on any atom is -0.477 e. The van der Waals surface area contributed by atoms with Crippen LogP contribution in [-0.2, 0) is 4.79 Å². The summed E-state index contributed by atoms with van der Waals surface area (Å²) in [5.41, 5.74) is 2.25. The van der Waals surface area contributed by atoms with Crippen LogP contribution in [0, 0.1) is 0 Å². The Hall–Kier alpha value is -2.70. The number of allylic oxidation sites excluding steroid dienone is 1. The van der Waals surface area contributed by atoms with E-state index < -0.39 is 5.97 Å². The molecule has 1 aromatic heterocycles. The highest BCUT2D eigenvalue weighted by atomic mass is 16.4. The number of aromatic nitrogens is 4. The highest BCUT2D eigenvalue weighted by molar-refractivity contribution is 5.90. The maximum atomic E-state index is 11.2. The number of nitrogens with one attached hydrogen (secondary N) is 1. The van der Waals surface area contributed by atoms with E-state index in [0.29, 0.717) is 11.9 Å². The number of carboxylic acid groups (broad SMARTS) is 1. The number of nitrogens with zero attached hydrogens (tertiary/aromatic N) is 4. The van der Waals surface area contributed by atoms with Crippen LogP contribution in [-0.4, -0.2) is 31.3 Å². The zero-order valence-corrected chi connectivity index (χ0v) is 11.7. The topological polar surface area (TPSA) is 92.9 Å². The molecule has 2 N–H and O–H groups in total. The van der Waals surface area contributed by atoms with Gasteiger partial charge in [-0.2, -0.15) is 4.68 Å². The highest BCUT2D eigenvalue weighted by Crippen LogP contribution is 2.28. The monoisotopic (exact) mass is 285 g/mol. The zero-order valence-electron chi connectivity index (χ0n) is 11.7. The molecule has 0 saturated carbocycles. The predicted molar refractivity (Wildman–Crippen MR) is 75.8 cm³/mol. The average molecular weight is 285 g/mol. The Bertz CT molecular complexity index is 702. The van der Waals surface area contributed by atoms with Crippen LogP contribution in [0.3, 0.4) is 0 Å². The number of tetrazole rings is 1. The molecule has 1 aliphatic heterocycles. The van der Waals surface area contributed by atoms with Crippen molar-refractivity contribution >= 4 is 11.9 Å². The van der Waals surface area contributed by atoms with Gasteiger partial charge in [0.1, 0.15) is 11.7 Å². The molecule has 0 bridgehead atoms. The van der Waals surface area contributed by atoms with Crippen molar-refractivity contribution in [1.82, 2.24) is 20.2 Å². The Morgan fingerprint density at radius 2 is 2.05 bits per heavy atom. The summed E-state index contributed by atoms with van der Waals surface area (Å²) in [5.74, 6) is -0.262. The molecular formula is C14H15N5O2. The molecule has 7 nitrogen and oxygen atoms in total. The molecule has 2 aromatic rings. The largest absolute Gasteiger partial charge is 0.477 e. The summed E-state index contributed by atoms with van der Waals surface area (Å²) >= 11 is 0. The number of hydrogen-bond donors (Lipinski definition) is 2. The molecule has 3 rings (SSSR count). The van der Waals surface area contributed by atoms with Crippen LogP contribution >= 0.6 is 0 Å². The van der Waals surface area contributed by atoms with E-state index in [0.717, 1.165) is 5.56 Å². The molecule has 108 valence electrons. The molecule has 21 heavy (non-hydrogen) atoms. The smallest absolute Gasteiger partial charge is 0.352 e. The van der Waals surface area contributed by atoms with Gasteiger partial charge < -0.3 is 10.4 Å². The van der Waals surface area contributed by atoms with E-state index >= 15 is 0 Å². The van der Waals surface area contributed by atoms with Crippen LogP contribution in [0.5, 0.6) is 0 Å². The van der Waals surface area contributed by atoms with Gasteiger partial charge >= 0.3 is 5.97 Å². The Balaban J connectivity index is 2.02. The van der Waals surface area contributed by atoms with Gasteiger partial charge in [0.15, 0.2) is 0 Å². The third-order valence-electron chi connectivity index (χ3n) is 3.50. The van der Waals surface area contributed by atoms with Gasteiger partial charge in [0.25, 0.3) is 0 Å². The number of rotatable bonds is 3. The van der Waals surface area contributed by atoms with E-state index in [1.54, 1.807) is 10.8 Å². The molecule has 1 aromatic carbocycles. The molecule has 0 saturated heterocycles. The fourth-order valence-corrected chi connectivity index (χ4v) is 2.29. The van der Waals surface area contributed by atoms with Gasteiger partial charge in [0, 0.05) is 0 Å². The first kappa shape index (κ1) is 13.3. The van der Waals surface area contributed by atoms with Crippen molar-refractivity contribution < 1.29 is 9.90 Å². The van der Waals surface area contributed by atoms with E-state index in [2.05, 4.69) is 34.7 Å². The van der Waals surface area contributed by atoms with Crippen molar-refractivity contribution in [3.8, 4) is 0 Å². The van der Waals surface area contributed by atoms with Crippen molar-refractivity contribution in [3.05, 3.63) is 47.2 Å². The first-order chi connectivity index (χ1) is 10.1. The van der Waals surface area contributed by atoms with Crippen LogP contribution in [0.4, 0.5) is 5.95 Å². The van der Waals surface area contributed by atoms with Gasteiger partial charge in [-0.1, -0.05) is 43.2 Å². The lowest BCUT2D eigenvalue weighted by Crippen LogP contribution is -2.24. The quantitative estimate of drug-likeness (QED) is 0.893. The number of carboxylic acids is 1. The van der Waals surface area contributed by atoms with Gasteiger partial charge in [-0.15, -0.1) is 0 Å². The second kappa shape index (κ2) is 5.01. The fraction of sp³-hybridized carbons (Fsp3) is 0.286. The van der Waals surface area contributed by atoms with Crippen molar-refractivity contribution in [2.45, 2.75) is 25.8 Å². The highest BCUT2D eigenvalue weighted by Gasteiger charge is 2.26. The molecule has 0 radical (unpaired) electrons. The molecule has 1 unspecified atom stereocenters. The third-order valence-corrected chi connectivity index (χ3v) is 3.50. The minimum atomic E-state index is -1.03. The Kier molecular flexibility index (Phi) is 3.17. The van der Waals surface area contributed by atoms with Crippen LogP contribution in [0.25, 0.3) is 0 Å². The minimum absolute atomic E-state index is 0.0789. The van der Waals surface area contributed by atoms with Crippen LogP contribution in [0.1, 0.15) is 36.9 Å². The summed E-state index contributed by atoms with van der Waals surface area (Å²) < 4.78 is 1.57. The van der Waals surface area contributed by atoms with Crippen LogP contribution in [0.2, 0.25) is 0 Å². The molecule has 0 fully saturated rings. The molecule has 2 heterocycles. The first-order valence-electron chi connectivity index (χ1n) is 6.66. The standard InChI is InChI=1S/C14H15N5O2/c1-8(2)9-3-5-10(6-4-9)12-7-11(13(20)21)15-14-16-17-18-19(12)14/h3-8,12H,1-2H3,(H,20,21)(H,15,16,18). The van der Waals surface area contributed by atoms with Crippen molar-refractivity contribution in [2.75, 3.05) is 5.32 Å². The molecular weight excluding hydrogens is 270 g/mol. The maximum absolute atomic E-state index is 11.2. The SMILES string of the molecule is CC(C)c1ccc(C2C=C(C(=O)O)Nc3nnnn32)cc1. The van der Waals surface area contributed by atoms with Gasteiger partial charge in [0.05, 0.1) is 0 Å². The van der Waals surface area contributed by atoms with E-state index in [-0.39, 0.29) is 11.7 Å². The summed E-state index contributed by atoms with van der Waals surface area (Å²) in [6.45, 7) is 4.25.